The molecule has 0 amide bonds. The molecule has 0 spiro atoms. The summed E-state index contributed by atoms with van der Waals surface area (Å²) >= 11 is 0. The molecule has 1 heterocycles. The van der Waals surface area contributed by atoms with Gasteiger partial charge in [0.1, 0.15) is 5.82 Å². The van der Waals surface area contributed by atoms with Crippen molar-refractivity contribution in [1.29, 1.82) is 0 Å². The van der Waals surface area contributed by atoms with Gasteiger partial charge in [0.15, 0.2) is 0 Å². The molecule has 0 bridgehead atoms. The third-order valence-corrected chi connectivity index (χ3v) is 4.27. The fraction of sp³-hybridized carbons (Fsp3) is 0.625. The lowest BCUT2D eigenvalue weighted by Gasteiger charge is -2.38. The highest BCUT2D eigenvalue weighted by Gasteiger charge is 2.26. The van der Waals surface area contributed by atoms with Gasteiger partial charge in [-0.05, 0) is 30.0 Å². The normalized spacial score (nSPS) is 20.2. The molecule has 0 aromatic heterocycles. The van der Waals surface area contributed by atoms with Gasteiger partial charge in [-0.2, -0.15) is 0 Å². The summed E-state index contributed by atoms with van der Waals surface area (Å²) in [5.41, 5.74) is 1.85. The molecule has 0 aliphatic carbocycles. The molecule has 2 atom stereocenters. The first-order valence-electron chi connectivity index (χ1n) is 7.34. The average molecular weight is 264 g/mol. The number of halogens is 1. The van der Waals surface area contributed by atoms with Gasteiger partial charge in [-0.1, -0.05) is 32.4 Å². The number of hydrogen-bond donors (Lipinski definition) is 1. The van der Waals surface area contributed by atoms with Crippen molar-refractivity contribution in [3.05, 3.63) is 35.1 Å². The smallest absolute Gasteiger partial charge is 0.126 e. The summed E-state index contributed by atoms with van der Waals surface area (Å²) < 4.78 is 13.8. The molecule has 1 saturated heterocycles. The molecular formula is C16H25FN2. The van der Waals surface area contributed by atoms with Gasteiger partial charge in [-0.15, -0.1) is 0 Å². The molecule has 1 aliphatic heterocycles. The maximum atomic E-state index is 13.8. The summed E-state index contributed by atoms with van der Waals surface area (Å²) in [6.45, 7) is 10.5. The van der Waals surface area contributed by atoms with Gasteiger partial charge in [0.05, 0.1) is 0 Å². The zero-order valence-corrected chi connectivity index (χ0v) is 12.2. The average Bonchev–Trinajstić information content (AvgIpc) is 2.44. The lowest BCUT2D eigenvalue weighted by molar-refractivity contribution is 0.128. The van der Waals surface area contributed by atoms with Crippen LogP contribution in [0.25, 0.3) is 0 Å². The second-order valence-electron chi connectivity index (χ2n) is 5.62. The predicted molar refractivity (Wildman–Crippen MR) is 77.8 cm³/mol. The molecule has 0 radical (unpaired) electrons. The first-order valence-corrected chi connectivity index (χ1v) is 7.34. The van der Waals surface area contributed by atoms with Crippen molar-refractivity contribution in [3.8, 4) is 0 Å². The van der Waals surface area contributed by atoms with E-state index in [9.17, 15) is 4.39 Å². The molecule has 1 aliphatic rings. The highest BCUT2D eigenvalue weighted by Crippen LogP contribution is 2.31. The standard InChI is InChI=1S/C16H25FN2/c1-4-12(2)16(19-9-7-18-8-10-19)14-6-5-13(3)15(17)11-14/h5-6,11-12,16,18H,4,7-10H2,1-3H3/t12?,16-/m1/s1. The summed E-state index contributed by atoms with van der Waals surface area (Å²) in [4.78, 5) is 2.49. The highest BCUT2D eigenvalue weighted by molar-refractivity contribution is 5.26. The number of piperazine rings is 1. The summed E-state index contributed by atoms with van der Waals surface area (Å²) in [5.74, 6) is 0.459. The number of nitrogens with one attached hydrogen (secondary N) is 1. The highest BCUT2D eigenvalue weighted by atomic mass is 19.1. The Kier molecular flexibility index (Phi) is 4.94. The molecule has 1 N–H and O–H groups in total. The molecule has 1 aromatic rings. The number of rotatable bonds is 4. The van der Waals surface area contributed by atoms with Gasteiger partial charge in [0.25, 0.3) is 0 Å². The van der Waals surface area contributed by atoms with E-state index in [1.54, 1.807) is 6.07 Å². The zero-order valence-electron chi connectivity index (χ0n) is 12.2. The maximum absolute atomic E-state index is 13.8. The van der Waals surface area contributed by atoms with Crippen LogP contribution in [0.5, 0.6) is 0 Å². The third-order valence-electron chi connectivity index (χ3n) is 4.27. The number of benzene rings is 1. The Hall–Kier alpha value is -0.930. The maximum Gasteiger partial charge on any atom is 0.126 e. The monoisotopic (exact) mass is 264 g/mol. The van der Waals surface area contributed by atoms with Gasteiger partial charge < -0.3 is 5.32 Å². The van der Waals surface area contributed by atoms with Crippen LogP contribution >= 0.6 is 0 Å². The number of nitrogens with zero attached hydrogens (tertiary/aromatic N) is 1. The van der Waals surface area contributed by atoms with E-state index in [0.717, 1.165) is 43.7 Å². The Balaban J connectivity index is 2.27. The van der Waals surface area contributed by atoms with Gasteiger partial charge >= 0.3 is 0 Å². The van der Waals surface area contributed by atoms with Crippen molar-refractivity contribution in [2.24, 2.45) is 5.92 Å². The third kappa shape index (κ3) is 3.34. The summed E-state index contributed by atoms with van der Waals surface area (Å²) in [6, 6.07) is 6.07. The van der Waals surface area contributed by atoms with E-state index in [1.165, 1.54) is 0 Å². The van der Waals surface area contributed by atoms with Crippen molar-refractivity contribution < 1.29 is 4.39 Å². The van der Waals surface area contributed by atoms with Crippen molar-refractivity contribution in [1.82, 2.24) is 10.2 Å². The van der Waals surface area contributed by atoms with E-state index in [4.69, 9.17) is 0 Å². The molecule has 0 saturated carbocycles. The minimum Gasteiger partial charge on any atom is -0.314 e. The molecule has 19 heavy (non-hydrogen) atoms. The first-order chi connectivity index (χ1) is 9.13. The second kappa shape index (κ2) is 6.49. The summed E-state index contributed by atoms with van der Waals surface area (Å²) in [7, 11) is 0. The Morgan fingerprint density at radius 2 is 2.00 bits per heavy atom. The van der Waals surface area contributed by atoms with Crippen LogP contribution in [0.4, 0.5) is 4.39 Å². The Bertz CT molecular complexity index is 413. The quantitative estimate of drug-likeness (QED) is 0.899. The Morgan fingerprint density at radius 1 is 1.32 bits per heavy atom. The van der Waals surface area contributed by atoms with E-state index >= 15 is 0 Å². The van der Waals surface area contributed by atoms with Crippen LogP contribution in [0, 0.1) is 18.7 Å². The fourth-order valence-corrected chi connectivity index (χ4v) is 2.88. The fourth-order valence-electron chi connectivity index (χ4n) is 2.88. The molecule has 1 aromatic carbocycles. The molecule has 1 unspecified atom stereocenters. The molecular weight excluding hydrogens is 239 g/mol. The van der Waals surface area contributed by atoms with Crippen LogP contribution < -0.4 is 5.32 Å². The largest absolute Gasteiger partial charge is 0.314 e. The van der Waals surface area contributed by atoms with Crippen LogP contribution in [-0.4, -0.2) is 31.1 Å². The van der Waals surface area contributed by atoms with E-state index in [2.05, 4.69) is 30.1 Å². The van der Waals surface area contributed by atoms with E-state index in [-0.39, 0.29) is 5.82 Å². The molecule has 1 fully saturated rings. The Labute approximate surface area is 116 Å². The molecule has 106 valence electrons. The molecule has 2 nitrogen and oxygen atoms in total. The van der Waals surface area contributed by atoms with Crippen molar-refractivity contribution in [2.45, 2.75) is 33.2 Å². The van der Waals surface area contributed by atoms with Crippen LogP contribution in [0.3, 0.4) is 0 Å². The van der Waals surface area contributed by atoms with Gasteiger partial charge in [0, 0.05) is 32.2 Å². The van der Waals surface area contributed by atoms with E-state index in [1.807, 2.05) is 13.0 Å². The van der Waals surface area contributed by atoms with Gasteiger partial charge in [-0.3, -0.25) is 4.90 Å². The number of aryl methyl sites for hydroxylation is 1. The van der Waals surface area contributed by atoms with Crippen molar-refractivity contribution >= 4 is 0 Å². The number of hydrogen-bond acceptors (Lipinski definition) is 2. The lowest BCUT2D eigenvalue weighted by atomic mass is 9.90. The lowest BCUT2D eigenvalue weighted by Crippen LogP contribution is -2.46. The van der Waals surface area contributed by atoms with E-state index in [0.29, 0.717) is 12.0 Å². The topological polar surface area (TPSA) is 15.3 Å². The van der Waals surface area contributed by atoms with Crippen LogP contribution in [-0.2, 0) is 0 Å². The van der Waals surface area contributed by atoms with Crippen molar-refractivity contribution in [2.75, 3.05) is 26.2 Å². The van der Waals surface area contributed by atoms with Crippen LogP contribution in [0.1, 0.15) is 37.4 Å². The van der Waals surface area contributed by atoms with Crippen molar-refractivity contribution in [3.63, 3.8) is 0 Å². The van der Waals surface area contributed by atoms with Crippen LogP contribution in [0.2, 0.25) is 0 Å². The molecule has 3 heteroatoms. The summed E-state index contributed by atoms with van der Waals surface area (Å²) in [6.07, 6.45) is 1.12. The van der Waals surface area contributed by atoms with Gasteiger partial charge in [0.2, 0.25) is 0 Å². The zero-order chi connectivity index (χ0) is 13.8. The van der Waals surface area contributed by atoms with Gasteiger partial charge in [-0.25, -0.2) is 4.39 Å². The second-order valence-corrected chi connectivity index (χ2v) is 5.62. The SMILES string of the molecule is CCC(C)[C@H](c1ccc(C)c(F)c1)N1CCNCC1. The van der Waals surface area contributed by atoms with Crippen LogP contribution in [0.15, 0.2) is 18.2 Å². The first kappa shape index (κ1) is 14.5. The predicted octanol–water partition coefficient (Wildman–Crippen LogP) is 3.13. The minimum atomic E-state index is -0.0825. The minimum absolute atomic E-state index is 0.0825. The summed E-state index contributed by atoms with van der Waals surface area (Å²) in [5, 5.41) is 3.38. The van der Waals surface area contributed by atoms with E-state index < -0.39 is 0 Å². The Morgan fingerprint density at radius 3 is 2.58 bits per heavy atom. The molecule has 2 rings (SSSR count).